The molecule has 0 fully saturated rings. The molecule has 0 aliphatic rings. The minimum absolute atomic E-state index is 0.0543. The maximum Gasteiger partial charge on any atom is 0.273 e. The van der Waals surface area contributed by atoms with Gasteiger partial charge in [0.2, 0.25) is 5.16 Å². The van der Waals surface area contributed by atoms with Gasteiger partial charge < -0.3 is 10.6 Å². The predicted octanol–water partition coefficient (Wildman–Crippen LogP) is 0.623. The van der Waals surface area contributed by atoms with Crippen LogP contribution in [0.5, 0.6) is 5.75 Å². The third kappa shape index (κ3) is 2.42. The van der Waals surface area contributed by atoms with Gasteiger partial charge in [-0.2, -0.15) is 9.61 Å². The van der Waals surface area contributed by atoms with Crippen molar-refractivity contribution >= 4 is 23.3 Å². The van der Waals surface area contributed by atoms with Crippen molar-refractivity contribution < 1.29 is 9.53 Å². The van der Waals surface area contributed by atoms with Gasteiger partial charge in [0, 0.05) is 0 Å². The first-order chi connectivity index (χ1) is 10.2. The van der Waals surface area contributed by atoms with E-state index in [9.17, 15) is 4.79 Å². The molecule has 3 rings (SSSR count). The number of fused-ring (bicyclic) bond motifs is 1. The highest BCUT2D eigenvalue weighted by Gasteiger charge is 2.15. The van der Waals surface area contributed by atoms with E-state index in [1.807, 2.05) is 6.07 Å². The van der Waals surface area contributed by atoms with Gasteiger partial charge in [-0.3, -0.25) is 4.79 Å². The number of carbonyl (C=O) groups is 1. The molecule has 2 heterocycles. The average molecular weight is 304 g/mol. The number of nitrogens with zero attached hydrogens (tertiary/aromatic N) is 5. The Labute approximate surface area is 123 Å². The quantitative estimate of drug-likeness (QED) is 0.419. The van der Waals surface area contributed by atoms with Crippen LogP contribution in [0, 0.1) is 0 Å². The summed E-state index contributed by atoms with van der Waals surface area (Å²) in [6.07, 6.45) is 1.43. The van der Waals surface area contributed by atoms with Crippen molar-refractivity contribution in [2.24, 2.45) is 0 Å². The Morgan fingerprint density at radius 2 is 2.19 bits per heavy atom. The molecule has 0 bridgehead atoms. The number of rotatable bonds is 5. The van der Waals surface area contributed by atoms with Crippen molar-refractivity contribution in [3.8, 4) is 5.75 Å². The topological polar surface area (TPSA) is 100 Å². The molecule has 0 aliphatic carbocycles. The van der Waals surface area contributed by atoms with Crippen LogP contribution in [0.1, 0.15) is 10.4 Å². The largest absolute Gasteiger partial charge is 0.496 e. The van der Waals surface area contributed by atoms with Gasteiger partial charge in [0.25, 0.3) is 5.78 Å². The standard InChI is InChI=1S/C12H12N6O2S/c1-20-10-5-3-2-4-8(10)9(19)6-21-12-16-15-11-17(13)7-14-18(11)12/h2-5,7H,6,13H2,1H3. The van der Waals surface area contributed by atoms with Gasteiger partial charge >= 0.3 is 0 Å². The monoisotopic (exact) mass is 304 g/mol. The molecule has 9 heteroatoms. The summed E-state index contributed by atoms with van der Waals surface area (Å²) in [7, 11) is 1.54. The number of para-hydroxylation sites is 1. The maximum atomic E-state index is 12.3. The van der Waals surface area contributed by atoms with Crippen LogP contribution in [0.25, 0.3) is 5.78 Å². The van der Waals surface area contributed by atoms with Crippen molar-refractivity contribution in [2.75, 3.05) is 18.7 Å². The van der Waals surface area contributed by atoms with Gasteiger partial charge in [0.05, 0.1) is 18.4 Å². The van der Waals surface area contributed by atoms with E-state index in [0.29, 0.717) is 22.2 Å². The molecular weight excluding hydrogens is 292 g/mol. The third-order valence-corrected chi connectivity index (χ3v) is 3.78. The lowest BCUT2D eigenvalue weighted by molar-refractivity contribution is 0.101. The van der Waals surface area contributed by atoms with Crippen LogP contribution in [-0.2, 0) is 0 Å². The molecule has 8 nitrogen and oxygen atoms in total. The zero-order chi connectivity index (χ0) is 14.8. The number of ether oxygens (including phenoxy) is 1. The summed E-state index contributed by atoms with van der Waals surface area (Å²) < 4.78 is 7.93. The first-order valence-electron chi connectivity index (χ1n) is 6.03. The van der Waals surface area contributed by atoms with Crippen LogP contribution in [0.3, 0.4) is 0 Å². The molecule has 0 unspecified atom stereocenters. The van der Waals surface area contributed by atoms with Gasteiger partial charge in [-0.25, -0.2) is 4.68 Å². The lowest BCUT2D eigenvalue weighted by atomic mass is 10.1. The Balaban J connectivity index is 1.76. The summed E-state index contributed by atoms with van der Waals surface area (Å²) in [6.45, 7) is 0. The lowest BCUT2D eigenvalue weighted by Gasteiger charge is -2.06. The first-order valence-corrected chi connectivity index (χ1v) is 7.02. The van der Waals surface area contributed by atoms with Gasteiger partial charge in [-0.15, -0.1) is 10.2 Å². The molecule has 1 aromatic carbocycles. The van der Waals surface area contributed by atoms with Crippen LogP contribution in [0.15, 0.2) is 35.7 Å². The molecule has 108 valence electrons. The number of carbonyl (C=O) groups excluding carboxylic acids is 1. The number of nitrogen functional groups attached to an aromatic ring is 1. The van der Waals surface area contributed by atoms with Gasteiger partial charge in [0.15, 0.2) is 5.78 Å². The highest BCUT2D eigenvalue weighted by molar-refractivity contribution is 7.99. The molecule has 0 amide bonds. The van der Waals surface area contributed by atoms with Crippen molar-refractivity contribution in [2.45, 2.75) is 5.16 Å². The maximum absolute atomic E-state index is 12.3. The highest BCUT2D eigenvalue weighted by atomic mass is 32.2. The fourth-order valence-electron chi connectivity index (χ4n) is 1.85. The first kappa shape index (κ1) is 13.4. The second-order valence-electron chi connectivity index (χ2n) is 4.14. The average Bonchev–Trinajstić information content (AvgIpc) is 3.08. The van der Waals surface area contributed by atoms with E-state index in [0.717, 1.165) is 0 Å². The number of methoxy groups -OCH3 is 1. The number of aromatic nitrogens is 5. The molecule has 21 heavy (non-hydrogen) atoms. The van der Waals surface area contributed by atoms with Crippen molar-refractivity contribution in [3.05, 3.63) is 36.2 Å². The Morgan fingerprint density at radius 3 is 3.00 bits per heavy atom. The van der Waals surface area contributed by atoms with E-state index in [-0.39, 0.29) is 11.5 Å². The number of thioether (sulfide) groups is 1. The minimum Gasteiger partial charge on any atom is -0.496 e. The summed E-state index contributed by atoms with van der Waals surface area (Å²) in [4.78, 5) is 12.3. The number of Topliss-reactive ketones (excluding diaryl/α,β-unsaturated/α-hetero) is 1. The number of benzene rings is 1. The third-order valence-electron chi connectivity index (χ3n) is 2.86. The van der Waals surface area contributed by atoms with Crippen molar-refractivity contribution in [1.82, 2.24) is 24.5 Å². The molecule has 3 aromatic rings. The Kier molecular flexibility index (Phi) is 3.48. The van der Waals surface area contributed by atoms with Crippen molar-refractivity contribution in [3.63, 3.8) is 0 Å². The van der Waals surface area contributed by atoms with E-state index >= 15 is 0 Å². The summed E-state index contributed by atoms with van der Waals surface area (Å²) in [6, 6.07) is 7.10. The van der Waals surface area contributed by atoms with Gasteiger partial charge in [-0.05, 0) is 12.1 Å². The van der Waals surface area contributed by atoms with Gasteiger partial charge in [0.1, 0.15) is 12.1 Å². The summed E-state index contributed by atoms with van der Waals surface area (Å²) in [5.41, 5.74) is 0.539. The smallest absolute Gasteiger partial charge is 0.273 e. The van der Waals surface area contributed by atoms with Crippen LogP contribution in [0.4, 0.5) is 0 Å². The van der Waals surface area contributed by atoms with E-state index in [2.05, 4.69) is 15.3 Å². The van der Waals surface area contributed by atoms with Crippen molar-refractivity contribution in [1.29, 1.82) is 0 Å². The Morgan fingerprint density at radius 1 is 1.38 bits per heavy atom. The summed E-state index contributed by atoms with van der Waals surface area (Å²) in [5.74, 6) is 6.74. The van der Waals surface area contributed by atoms with Crippen LogP contribution in [-0.4, -0.2) is 43.1 Å². The normalized spacial score (nSPS) is 10.9. The fourth-order valence-corrected chi connectivity index (χ4v) is 2.62. The molecule has 0 radical (unpaired) electrons. The fraction of sp³-hybridized carbons (Fsp3) is 0.167. The summed E-state index contributed by atoms with van der Waals surface area (Å²) in [5, 5.41) is 12.4. The van der Waals surface area contributed by atoms with Crippen LogP contribution in [0.2, 0.25) is 0 Å². The Bertz CT molecular complexity index is 796. The molecule has 0 saturated carbocycles. The molecule has 2 N–H and O–H groups in total. The van der Waals surface area contributed by atoms with Crippen LogP contribution < -0.4 is 10.6 Å². The molecule has 0 atom stereocenters. The van der Waals surface area contributed by atoms with E-state index in [1.54, 1.807) is 18.2 Å². The summed E-state index contributed by atoms with van der Waals surface area (Å²) >= 11 is 1.24. The van der Waals surface area contributed by atoms with Crippen LogP contribution >= 0.6 is 11.8 Å². The zero-order valence-corrected chi connectivity index (χ0v) is 11.9. The number of hydrogen-bond donors (Lipinski definition) is 1. The molecule has 0 saturated heterocycles. The zero-order valence-electron chi connectivity index (χ0n) is 11.1. The highest BCUT2D eigenvalue weighted by Crippen LogP contribution is 2.22. The van der Waals surface area contributed by atoms with E-state index in [1.165, 1.54) is 34.4 Å². The minimum atomic E-state index is -0.0543. The van der Waals surface area contributed by atoms with Gasteiger partial charge in [-0.1, -0.05) is 23.9 Å². The predicted molar refractivity (Wildman–Crippen MR) is 77.0 cm³/mol. The molecule has 0 spiro atoms. The molecule has 0 aliphatic heterocycles. The second-order valence-corrected chi connectivity index (χ2v) is 5.09. The number of ketones is 1. The number of hydrogen-bond acceptors (Lipinski definition) is 7. The second kappa shape index (κ2) is 5.44. The molecule has 2 aromatic heterocycles. The Hall–Kier alpha value is -2.55. The molecular formula is C12H12N6O2S. The lowest BCUT2D eigenvalue weighted by Crippen LogP contribution is -2.06. The van der Waals surface area contributed by atoms with E-state index in [4.69, 9.17) is 10.6 Å². The number of nitrogens with two attached hydrogens (primary N) is 1. The van der Waals surface area contributed by atoms with E-state index < -0.39 is 0 Å². The SMILES string of the molecule is COc1ccccc1C(=O)CSc1nnc2n(N)cnn12.